The molecule has 1 aromatic heterocycles. The smallest absolute Gasteiger partial charge is 0.303 e. The maximum atomic E-state index is 12.1. The average molecular weight is 442 g/mol. The maximum absolute atomic E-state index is 12.1. The molecule has 1 aliphatic heterocycles. The van der Waals surface area contributed by atoms with Gasteiger partial charge < -0.3 is 19.6 Å². The lowest BCUT2D eigenvalue weighted by Gasteiger charge is -2.61. The summed E-state index contributed by atoms with van der Waals surface area (Å²) in [7, 11) is 0. The van der Waals surface area contributed by atoms with Crippen LogP contribution in [0.2, 0.25) is 0 Å². The Hall–Kier alpha value is -1.66. The summed E-state index contributed by atoms with van der Waals surface area (Å²) >= 11 is 0. The Labute approximate surface area is 189 Å². The molecule has 1 unspecified atom stereocenters. The quantitative estimate of drug-likeness (QED) is 0.541. The molecule has 1 saturated heterocycles. The number of hydrogen-bond donors (Lipinski definition) is 2. The van der Waals surface area contributed by atoms with Gasteiger partial charge in [-0.25, -0.2) is 0 Å². The molecule has 0 radical (unpaired) electrons. The van der Waals surface area contributed by atoms with Crippen molar-refractivity contribution in [1.82, 2.24) is 4.98 Å². The Morgan fingerprint density at radius 1 is 1.16 bits per heavy atom. The number of fused-ring (bicyclic) bond motifs is 3. The third-order valence-corrected chi connectivity index (χ3v) is 10.6. The van der Waals surface area contributed by atoms with Crippen LogP contribution in [0.3, 0.4) is 0 Å². The van der Waals surface area contributed by atoms with E-state index in [1.807, 2.05) is 6.07 Å². The minimum atomic E-state index is -0.319. The number of aromatic nitrogens is 1. The van der Waals surface area contributed by atoms with Gasteiger partial charge in [0.05, 0.1) is 6.10 Å². The highest BCUT2D eigenvalue weighted by Crippen LogP contribution is 2.78. The van der Waals surface area contributed by atoms with E-state index in [0.29, 0.717) is 17.8 Å². The highest BCUT2D eigenvalue weighted by molar-refractivity contribution is 5.66. The van der Waals surface area contributed by atoms with Gasteiger partial charge in [0.1, 0.15) is 17.8 Å². The molecule has 5 aliphatic rings. The van der Waals surface area contributed by atoms with E-state index >= 15 is 0 Å². The van der Waals surface area contributed by atoms with Crippen LogP contribution in [0, 0.1) is 28.6 Å². The van der Waals surface area contributed by atoms with E-state index in [0.717, 1.165) is 50.5 Å². The molecular weight excluding hydrogens is 406 g/mol. The van der Waals surface area contributed by atoms with Crippen molar-refractivity contribution < 1.29 is 19.4 Å². The van der Waals surface area contributed by atoms with Crippen molar-refractivity contribution >= 4 is 5.97 Å². The third kappa shape index (κ3) is 2.54. The summed E-state index contributed by atoms with van der Waals surface area (Å²) < 4.78 is 12.6. The number of aromatic amines is 1. The van der Waals surface area contributed by atoms with Gasteiger partial charge in [0, 0.05) is 30.5 Å². The number of epoxide rings is 1. The number of carbonyl (C=O) groups excluding carboxylic acids is 1. The Kier molecular flexibility index (Phi) is 4.37. The molecule has 2 N–H and O–H groups in total. The molecule has 1 spiro atoms. The largest absolute Gasteiger partial charge is 0.459 e. The molecule has 4 aliphatic carbocycles. The minimum absolute atomic E-state index is 0.0154. The summed E-state index contributed by atoms with van der Waals surface area (Å²) in [5.41, 5.74) is 0.760. The van der Waals surface area contributed by atoms with Crippen LogP contribution in [0.15, 0.2) is 23.1 Å². The molecule has 6 nitrogen and oxygen atoms in total. The number of rotatable bonds is 2. The number of pyridine rings is 1. The summed E-state index contributed by atoms with van der Waals surface area (Å²) in [5, 5.41) is 10.3. The number of carbonyl (C=O) groups is 1. The standard InChI is InChI=1S/C26H35NO5/c1-14(28)31-22-21(15-4-7-20(30)27-13-15)25(3)11-9-18-19(26(25)23(22)32-26)6-5-16-12-17(29)8-10-24(16,18)2/h4,7,13,16-19,21-23,29H,5-6,8-12H2,1-3H3,(H,27,30)/t16-,17+,18+,19-,21+,22-,23-,24+,25-,26?/m1/s1. The first-order valence-electron chi connectivity index (χ1n) is 12.4. The summed E-state index contributed by atoms with van der Waals surface area (Å²) in [6.07, 6.45) is 8.63. The molecule has 5 fully saturated rings. The van der Waals surface area contributed by atoms with Gasteiger partial charge in [-0.1, -0.05) is 19.9 Å². The molecule has 2 heterocycles. The zero-order valence-electron chi connectivity index (χ0n) is 19.3. The first-order valence-corrected chi connectivity index (χ1v) is 12.4. The van der Waals surface area contributed by atoms with Crippen LogP contribution < -0.4 is 5.56 Å². The van der Waals surface area contributed by atoms with Crippen molar-refractivity contribution in [2.24, 2.45) is 28.6 Å². The number of aliphatic hydroxyl groups excluding tert-OH is 1. The number of esters is 1. The number of hydrogen-bond acceptors (Lipinski definition) is 5. The molecule has 0 amide bonds. The second kappa shape index (κ2) is 6.69. The molecule has 32 heavy (non-hydrogen) atoms. The van der Waals surface area contributed by atoms with Crippen molar-refractivity contribution in [2.75, 3.05) is 0 Å². The van der Waals surface area contributed by atoms with E-state index in [4.69, 9.17) is 9.47 Å². The Morgan fingerprint density at radius 2 is 1.97 bits per heavy atom. The van der Waals surface area contributed by atoms with E-state index in [1.165, 1.54) is 6.92 Å². The molecule has 174 valence electrons. The molecule has 4 saturated carbocycles. The van der Waals surface area contributed by atoms with Gasteiger partial charge in [0.15, 0.2) is 0 Å². The Bertz CT molecular complexity index is 986. The second-order valence-electron chi connectivity index (χ2n) is 11.7. The van der Waals surface area contributed by atoms with E-state index < -0.39 is 0 Å². The van der Waals surface area contributed by atoms with Crippen molar-refractivity contribution in [3.63, 3.8) is 0 Å². The minimum Gasteiger partial charge on any atom is -0.459 e. The normalized spacial score (nSPS) is 51.1. The molecule has 10 atom stereocenters. The molecule has 0 bridgehead atoms. The van der Waals surface area contributed by atoms with Gasteiger partial charge in [-0.15, -0.1) is 0 Å². The lowest BCUT2D eigenvalue weighted by atomic mass is 9.44. The van der Waals surface area contributed by atoms with Gasteiger partial charge in [0.2, 0.25) is 5.56 Å². The fourth-order valence-corrected chi connectivity index (χ4v) is 9.17. The fourth-order valence-electron chi connectivity index (χ4n) is 9.17. The van der Waals surface area contributed by atoms with Crippen LogP contribution in [-0.2, 0) is 14.3 Å². The lowest BCUT2D eigenvalue weighted by Crippen LogP contribution is -2.58. The van der Waals surface area contributed by atoms with Crippen LogP contribution in [0.1, 0.15) is 77.2 Å². The SMILES string of the molecule is CC(=O)O[C@H]1[C@H]2OC23[C@@H]2CC[C@@H]4C[C@@H](O)CC[C@]4(C)[C@H]2CC[C@]3(C)[C@H]1c1ccc(=O)[nH]c1. The van der Waals surface area contributed by atoms with Gasteiger partial charge in [-0.3, -0.25) is 9.59 Å². The summed E-state index contributed by atoms with van der Waals surface area (Å²) in [5.74, 6) is 1.37. The Balaban J connectivity index is 1.41. The molecule has 6 rings (SSSR count). The third-order valence-electron chi connectivity index (χ3n) is 10.6. The maximum Gasteiger partial charge on any atom is 0.303 e. The summed E-state index contributed by atoms with van der Waals surface area (Å²) in [4.78, 5) is 26.7. The first kappa shape index (κ1) is 20.9. The molecule has 0 aromatic carbocycles. The van der Waals surface area contributed by atoms with E-state index in [2.05, 4.69) is 18.8 Å². The van der Waals surface area contributed by atoms with E-state index in [-0.39, 0.29) is 52.2 Å². The van der Waals surface area contributed by atoms with E-state index in [1.54, 1.807) is 12.3 Å². The van der Waals surface area contributed by atoms with Crippen molar-refractivity contribution in [1.29, 1.82) is 0 Å². The first-order chi connectivity index (χ1) is 15.2. The molecular formula is C26H35NO5. The summed E-state index contributed by atoms with van der Waals surface area (Å²) in [6, 6.07) is 3.47. The number of ether oxygens (including phenoxy) is 2. The van der Waals surface area contributed by atoms with E-state index in [9.17, 15) is 14.7 Å². The topological polar surface area (TPSA) is 91.9 Å². The zero-order chi connectivity index (χ0) is 22.5. The highest BCUT2D eigenvalue weighted by Gasteiger charge is 2.84. The van der Waals surface area contributed by atoms with Crippen LogP contribution >= 0.6 is 0 Å². The number of nitrogens with one attached hydrogen (secondary N) is 1. The fraction of sp³-hybridized carbons (Fsp3) is 0.769. The van der Waals surface area contributed by atoms with Crippen LogP contribution in [0.4, 0.5) is 0 Å². The monoisotopic (exact) mass is 441 g/mol. The number of aliphatic hydroxyl groups is 1. The van der Waals surface area contributed by atoms with Crippen molar-refractivity contribution in [3.05, 3.63) is 34.2 Å². The van der Waals surface area contributed by atoms with Crippen LogP contribution in [-0.4, -0.2) is 40.0 Å². The van der Waals surface area contributed by atoms with Gasteiger partial charge >= 0.3 is 5.97 Å². The lowest BCUT2D eigenvalue weighted by molar-refractivity contribution is -0.158. The van der Waals surface area contributed by atoms with Crippen LogP contribution in [0.5, 0.6) is 0 Å². The van der Waals surface area contributed by atoms with Gasteiger partial charge in [-0.05, 0) is 73.7 Å². The zero-order valence-corrected chi connectivity index (χ0v) is 19.3. The highest BCUT2D eigenvalue weighted by atomic mass is 16.7. The van der Waals surface area contributed by atoms with Crippen molar-refractivity contribution in [3.8, 4) is 0 Å². The number of H-pyrrole nitrogens is 1. The van der Waals surface area contributed by atoms with Crippen molar-refractivity contribution in [2.45, 2.75) is 95.5 Å². The summed E-state index contributed by atoms with van der Waals surface area (Å²) in [6.45, 7) is 6.28. The Morgan fingerprint density at radius 3 is 2.69 bits per heavy atom. The average Bonchev–Trinajstić information content (AvgIpc) is 3.44. The van der Waals surface area contributed by atoms with Gasteiger partial charge in [-0.2, -0.15) is 0 Å². The second-order valence-corrected chi connectivity index (χ2v) is 11.7. The molecule has 1 aromatic rings. The van der Waals surface area contributed by atoms with Crippen LogP contribution in [0.25, 0.3) is 0 Å². The predicted molar refractivity (Wildman–Crippen MR) is 118 cm³/mol. The molecule has 6 heteroatoms. The van der Waals surface area contributed by atoms with Gasteiger partial charge in [0.25, 0.3) is 0 Å². The predicted octanol–water partition coefficient (Wildman–Crippen LogP) is 3.54.